The Morgan fingerprint density at radius 2 is 0.838 bits per heavy atom. The van der Waals surface area contributed by atoms with Gasteiger partial charge in [0.1, 0.15) is 0 Å². The highest BCUT2D eigenvalue weighted by atomic mass is 15.1. The van der Waals surface area contributed by atoms with E-state index >= 15 is 0 Å². The zero-order valence-corrected chi connectivity index (χ0v) is 39.8. The zero-order chi connectivity index (χ0) is 46.1. The second-order valence-corrected chi connectivity index (χ2v) is 21.4. The van der Waals surface area contributed by atoms with Gasteiger partial charge >= 0.3 is 0 Å². The second kappa shape index (κ2) is 14.9. The Hall–Kier alpha value is -7.62. The topological polar surface area (TPSA) is 12.1 Å². The molecule has 4 aromatic heterocycles. The summed E-state index contributed by atoms with van der Waals surface area (Å²) in [5.74, 6) is 0.297. The highest BCUT2D eigenvalue weighted by Gasteiger charge is 2.27. The van der Waals surface area contributed by atoms with Crippen molar-refractivity contribution in [3.63, 3.8) is 0 Å². The molecule has 13 rings (SSSR count). The number of para-hydroxylation sites is 3. The lowest BCUT2D eigenvalue weighted by atomic mass is 9.83. The molecule has 1 atom stereocenters. The van der Waals surface area contributed by atoms with Crippen molar-refractivity contribution < 1.29 is 0 Å². The minimum Gasteiger partial charge on any atom is -0.310 e. The minimum absolute atomic E-state index is 0.0694. The van der Waals surface area contributed by atoms with Gasteiger partial charge in [-0.15, -0.1) is 0 Å². The van der Waals surface area contributed by atoms with Crippen molar-refractivity contribution in [2.75, 3.05) is 4.90 Å². The summed E-state index contributed by atoms with van der Waals surface area (Å²) < 4.78 is 5.14. The molecule has 68 heavy (non-hydrogen) atoms. The van der Waals surface area contributed by atoms with E-state index in [1.54, 1.807) is 0 Å². The number of aromatic nitrogens is 2. The van der Waals surface area contributed by atoms with Gasteiger partial charge < -0.3 is 13.7 Å². The maximum Gasteiger partial charge on any atom is 0.0621 e. The molecule has 0 saturated carbocycles. The lowest BCUT2D eigenvalue weighted by Gasteiger charge is -2.27. The van der Waals surface area contributed by atoms with Crippen LogP contribution in [0.15, 0.2) is 194 Å². The summed E-state index contributed by atoms with van der Waals surface area (Å²) in [6.45, 7) is 13.7. The molecule has 0 saturated heterocycles. The van der Waals surface area contributed by atoms with Crippen LogP contribution in [0.1, 0.15) is 75.3 Å². The first kappa shape index (κ1) is 40.6. The van der Waals surface area contributed by atoms with Crippen LogP contribution in [0.2, 0.25) is 0 Å². The standard InChI is InChI=1S/C65H55N3/c1-64(2,3)44-31-29-42(30-32-44)38-43(37-41-17-9-7-10-18-41)48-21-15-26-55-60(48)51-24-13-22-49-53-40-59-54(39-58(53)67(55)62(49)51)50-23-14-25-52-61-56(27-16-28-57(61)68(59)63(50)52)66(46-19-11-8-12-20-46)47-35-33-45(34-36-47)65(4,5)6/h7-36,39-40,43H,37-38H2,1-6H3. The molecular weight excluding hydrogens is 823 g/mol. The molecule has 0 fully saturated rings. The van der Waals surface area contributed by atoms with Crippen LogP contribution in [0.5, 0.6) is 0 Å². The third-order valence-corrected chi connectivity index (χ3v) is 15.1. The van der Waals surface area contributed by atoms with E-state index in [9.17, 15) is 0 Å². The maximum absolute atomic E-state index is 2.59. The molecule has 13 aromatic rings. The van der Waals surface area contributed by atoms with Gasteiger partial charge in [-0.3, -0.25) is 0 Å². The number of rotatable bonds is 8. The number of nitrogens with zero attached hydrogens (tertiary/aromatic N) is 3. The largest absolute Gasteiger partial charge is 0.310 e. The molecule has 1 unspecified atom stereocenters. The number of hydrogen-bond acceptors (Lipinski definition) is 1. The first-order valence-corrected chi connectivity index (χ1v) is 24.4. The predicted octanol–water partition coefficient (Wildman–Crippen LogP) is 17.6. The van der Waals surface area contributed by atoms with Crippen molar-refractivity contribution in [2.24, 2.45) is 0 Å². The number of fused-ring (bicyclic) bond motifs is 12. The Bertz CT molecular complexity index is 4010. The van der Waals surface area contributed by atoms with Crippen LogP contribution < -0.4 is 4.90 Å². The van der Waals surface area contributed by atoms with E-state index in [4.69, 9.17) is 0 Å². The summed E-state index contributed by atoms with van der Waals surface area (Å²) in [5.41, 5.74) is 18.2. The fraction of sp³-hybridized carbons (Fsp3) is 0.169. The number of benzene rings is 9. The first-order chi connectivity index (χ1) is 33.0. The van der Waals surface area contributed by atoms with Crippen LogP contribution >= 0.6 is 0 Å². The van der Waals surface area contributed by atoms with E-state index in [0.29, 0.717) is 5.92 Å². The molecule has 0 aliphatic carbocycles. The van der Waals surface area contributed by atoms with Crippen molar-refractivity contribution in [1.29, 1.82) is 0 Å². The van der Waals surface area contributed by atoms with Crippen molar-refractivity contribution in [3.05, 3.63) is 222 Å². The smallest absolute Gasteiger partial charge is 0.0621 e. The molecule has 0 radical (unpaired) electrons. The van der Waals surface area contributed by atoms with Gasteiger partial charge in [0, 0.05) is 54.5 Å². The minimum atomic E-state index is 0.0694. The molecule has 0 aliphatic heterocycles. The average Bonchev–Trinajstić information content (AvgIpc) is 4.08. The molecule has 0 amide bonds. The van der Waals surface area contributed by atoms with Gasteiger partial charge in [-0.2, -0.15) is 0 Å². The Labute approximate surface area is 398 Å². The van der Waals surface area contributed by atoms with E-state index < -0.39 is 0 Å². The second-order valence-electron chi connectivity index (χ2n) is 21.4. The summed E-state index contributed by atoms with van der Waals surface area (Å²) in [4.78, 5) is 2.44. The average molecular weight is 878 g/mol. The Morgan fingerprint density at radius 1 is 0.382 bits per heavy atom. The van der Waals surface area contributed by atoms with Gasteiger partial charge in [0.05, 0.1) is 38.8 Å². The van der Waals surface area contributed by atoms with Crippen LogP contribution in [0.4, 0.5) is 17.1 Å². The normalized spacial score (nSPS) is 13.2. The molecule has 3 heteroatoms. The molecule has 0 N–H and O–H groups in total. The highest BCUT2D eigenvalue weighted by Crippen LogP contribution is 2.49. The molecule has 9 aromatic carbocycles. The molecular formula is C65H55N3. The Balaban J connectivity index is 1.02. The van der Waals surface area contributed by atoms with Crippen molar-refractivity contribution in [2.45, 2.75) is 71.1 Å². The monoisotopic (exact) mass is 877 g/mol. The summed E-state index contributed by atoms with van der Waals surface area (Å²) in [6, 6.07) is 73.4. The SMILES string of the molecule is CC(C)(C)c1ccc(CC(Cc2ccccc2)c2cccc3c2c2cccc4c5cc6c(cc5n3c42)c2cccc3c4c(N(c5ccccc5)c5ccc(C(C)(C)C)cc5)cccc4n6c23)cc1. The van der Waals surface area contributed by atoms with E-state index in [0.717, 1.165) is 24.2 Å². The zero-order valence-electron chi connectivity index (χ0n) is 39.8. The van der Waals surface area contributed by atoms with Gasteiger partial charge in [-0.25, -0.2) is 0 Å². The van der Waals surface area contributed by atoms with Crippen LogP contribution in [0.3, 0.4) is 0 Å². The van der Waals surface area contributed by atoms with Crippen LogP contribution in [-0.4, -0.2) is 8.80 Å². The lowest BCUT2D eigenvalue weighted by molar-refractivity contribution is 0.589. The van der Waals surface area contributed by atoms with Crippen LogP contribution in [0, 0.1) is 0 Å². The number of anilines is 3. The summed E-state index contributed by atoms with van der Waals surface area (Å²) in [6.07, 6.45) is 1.95. The fourth-order valence-corrected chi connectivity index (χ4v) is 11.8. The third kappa shape index (κ3) is 6.18. The summed E-state index contributed by atoms with van der Waals surface area (Å²) in [5, 5.41) is 10.4. The van der Waals surface area contributed by atoms with Gasteiger partial charge in [0.15, 0.2) is 0 Å². The lowest BCUT2D eigenvalue weighted by Crippen LogP contribution is -2.13. The van der Waals surface area contributed by atoms with Gasteiger partial charge in [-0.1, -0.05) is 181 Å². The fourth-order valence-electron chi connectivity index (χ4n) is 11.8. The van der Waals surface area contributed by atoms with Crippen LogP contribution in [0.25, 0.3) is 76.2 Å². The van der Waals surface area contributed by atoms with Gasteiger partial charge in [0.25, 0.3) is 0 Å². The maximum atomic E-state index is 2.59. The molecule has 0 aliphatic rings. The van der Waals surface area contributed by atoms with Crippen molar-refractivity contribution >= 4 is 93.3 Å². The van der Waals surface area contributed by atoms with E-state index in [2.05, 4.69) is 249 Å². The quantitative estimate of drug-likeness (QED) is 0.148. The van der Waals surface area contributed by atoms with Crippen molar-refractivity contribution in [1.82, 2.24) is 8.80 Å². The molecule has 0 spiro atoms. The van der Waals surface area contributed by atoms with Crippen LogP contribution in [-0.2, 0) is 23.7 Å². The molecule has 3 nitrogen and oxygen atoms in total. The van der Waals surface area contributed by atoms with E-state index in [-0.39, 0.29) is 10.8 Å². The molecule has 330 valence electrons. The van der Waals surface area contributed by atoms with Gasteiger partial charge in [0.2, 0.25) is 0 Å². The first-order valence-electron chi connectivity index (χ1n) is 24.4. The Morgan fingerprint density at radius 3 is 1.41 bits per heavy atom. The predicted molar refractivity (Wildman–Crippen MR) is 291 cm³/mol. The van der Waals surface area contributed by atoms with Gasteiger partial charge in [-0.05, 0) is 112 Å². The van der Waals surface area contributed by atoms with E-state index in [1.165, 1.54) is 110 Å². The van der Waals surface area contributed by atoms with E-state index in [1.807, 2.05) is 0 Å². The molecule has 4 heterocycles. The third-order valence-electron chi connectivity index (χ3n) is 15.1. The summed E-state index contributed by atoms with van der Waals surface area (Å²) >= 11 is 0. The Kier molecular flexibility index (Phi) is 8.93. The highest BCUT2D eigenvalue weighted by molar-refractivity contribution is 6.30. The summed E-state index contributed by atoms with van der Waals surface area (Å²) in [7, 11) is 0. The van der Waals surface area contributed by atoms with Crippen molar-refractivity contribution in [3.8, 4) is 0 Å². The molecule has 0 bridgehead atoms. The number of hydrogen-bond donors (Lipinski definition) is 0.